The number of benzene rings is 1. The van der Waals surface area contributed by atoms with E-state index < -0.39 is 10.0 Å². The summed E-state index contributed by atoms with van der Waals surface area (Å²) in [5, 5.41) is 17.2. The monoisotopic (exact) mass is 355 g/mol. The van der Waals surface area contributed by atoms with Gasteiger partial charge in [-0.25, -0.2) is 8.42 Å². The summed E-state index contributed by atoms with van der Waals surface area (Å²) < 4.78 is 26.8. The van der Waals surface area contributed by atoms with Gasteiger partial charge in [0.1, 0.15) is 0 Å². The number of nitriles is 2. The number of halogens is 1. The molecule has 1 aromatic rings. The first-order valence-electron chi connectivity index (χ1n) is 5.93. The van der Waals surface area contributed by atoms with Crippen LogP contribution in [0, 0.1) is 29.6 Å². The van der Waals surface area contributed by atoms with E-state index in [0.717, 1.165) is 5.56 Å². The van der Waals surface area contributed by atoms with E-state index in [4.69, 9.17) is 10.5 Å². The summed E-state index contributed by atoms with van der Waals surface area (Å²) in [5.41, 5.74) is 0.941. The van der Waals surface area contributed by atoms with Crippen LogP contribution >= 0.6 is 15.9 Å². The van der Waals surface area contributed by atoms with E-state index in [2.05, 4.69) is 15.9 Å². The lowest BCUT2D eigenvalue weighted by atomic mass is 10.2. The molecule has 0 unspecified atom stereocenters. The Hall–Kier alpha value is -1.41. The summed E-state index contributed by atoms with van der Waals surface area (Å²) in [6, 6.07) is 8.81. The van der Waals surface area contributed by atoms with Crippen molar-refractivity contribution >= 4 is 26.0 Å². The third kappa shape index (κ3) is 4.04. The van der Waals surface area contributed by atoms with Crippen LogP contribution in [-0.4, -0.2) is 25.8 Å². The average molecular weight is 356 g/mol. The Morgan fingerprint density at radius 2 is 1.75 bits per heavy atom. The maximum absolute atomic E-state index is 12.6. The molecule has 5 nitrogen and oxygen atoms in total. The molecule has 0 heterocycles. The number of rotatable bonds is 6. The number of sulfonamides is 1. The van der Waals surface area contributed by atoms with Crippen LogP contribution in [0.1, 0.15) is 18.4 Å². The lowest BCUT2D eigenvalue weighted by molar-refractivity contribution is 0.424. The zero-order valence-electron chi connectivity index (χ0n) is 11.0. The van der Waals surface area contributed by atoms with Crippen LogP contribution in [0.4, 0.5) is 0 Å². The minimum Gasteiger partial charge on any atom is -0.207 e. The summed E-state index contributed by atoms with van der Waals surface area (Å²) in [6.07, 6.45) is 0.183. The van der Waals surface area contributed by atoms with E-state index >= 15 is 0 Å². The highest BCUT2D eigenvalue weighted by molar-refractivity contribution is 9.10. The van der Waals surface area contributed by atoms with Crippen molar-refractivity contribution in [1.82, 2.24) is 4.31 Å². The minimum absolute atomic E-state index is 0.0842. The van der Waals surface area contributed by atoms with Crippen molar-refractivity contribution in [2.24, 2.45) is 0 Å². The van der Waals surface area contributed by atoms with Gasteiger partial charge >= 0.3 is 0 Å². The van der Waals surface area contributed by atoms with Crippen LogP contribution < -0.4 is 0 Å². The molecule has 0 N–H and O–H groups in total. The Kier molecular flexibility index (Phi) is 6.15. The number of aryl methyl sites for hydroxylation is 1. The Morgan fingerprint density at radius 1 is 1.20 bits per heavy atom. The summed E-state index contributed by atoms with van der Waals surface area (Å²) in [6.45, 7) is 2.03. The van der Waals surface area contributed by atoms with Gasteiger partial charge in [0.2, 0.25) is 10.0 Å². The molecular weight excluding hydrogens is 342 g/mol. The van der Waals surface area contributed by atoms with Crippen molar-refractivity contribution < 1.29 is 8.42 Å². The maximum Gasteiger partial charge on any atom is 0.244 e. The van der Waals surface area contributed by atoms with Crippen LogP contribution in [-0.2, 0) is 10.0 Å². The van der Waals surface area contributed by atoms with Crippen molar-refractivity contribution in [2.45, 2.75) is 24.7 Å². The molecule has 1 rings (SSSR count). The van der Waals surface area contributed by atoms with E-state index in [1.54, 1.807) is 12.1 Å². The molecule has 0 aliphatic heterocycles. The van der Waals surface area contributed by atoms with Gasteiger partial charge in [-0.2, -0.15) is 14.8 Å². The van der Waals surface area contributed by atoms with Gasteiger partial charge in [0, 0.05) is 30.4 Å². The summed E-state index contributed by atoms with van der Waals surface area (Å²) in [4.78, 5) is 0.152. The smallest absolute Gasteiger partial charge is 0.207 e. The van der Waals surface area contributed by atoms with E-state index in [1.165, 1.54) is 10.4 Å². The first kappa shape index (κ1) is 16.6. The molecule has 0 atom stereocenters. The maximum atomic E-state index is 12.6. The fraction of sp³-hybridized carbons (Fsp3) is 0.385. The van der Waals surface area contributed by atoms with Gasteiger partial charge in [-0.3, -0.25) is 0 Å². The van der Waals surface area contributed by atoms with Gasteiger partial charge in [0.15, 0.2) is 0 Å². The topological polar surface area (TPSA) is 85.0 Å². The molecule has 0 amide bonds. The minimum atomic E-state index is -3.71. The molecule has 1 aromatic carbocycles. The van der Waals surface area contributed by atoms with Crippen molar-refractivity contribution in [1.29, 1.82) is 10.5 Å². The highest BCUT2D eigenvalue weighted by Gasteiger charge is 2.25. The van der Waals surface area contributed by atoms with Crippen molar-refractivity contribution in [3.05, 3.63) is 28.2 Å². The van der Waals surface area contributed by atoms with Gasteiger partial charge in [0.05, 0.1) is 17.0 Å². The second kappa shape index (κ2) is 7.39. The fourth-order valence-corrected chi connectivity index (χ4v) is 4.25. The van der Waals surface area contributed by atoms with Crippen LogP contribution in [0.5, 0.6) is 0 Å². The molecule has 0 fully saturated rings. The van der Waals surface area contributed by atoms with E-state index in [9.17, 15) is 8.42 Å². The van der Waals surface area contributed by atoms with Gasteiger partial charge in [-0.1, -0.05) is 6.07 Å². The number of nitrogens with zero attached hydrogens (tertiary/aromatic N) is 3. The molecule has 0 aliphatic rings. The molecule has 0 spiro atoms. The molecule has 0 radical (unpaired) electrons. The first-order valence-corrected chi connectivity index (χ1v) is 8.17. The predicted molar refractivity (Wildman–Crippen MR) is 78.1 cm³/mol. The van der Waals surface area contributed by atoms with Crippen LogP contribution in [0.25, 0.3) is 0 Å². The predicted octanol–water partition coefficient (Wildman–Crippen LogP) is 2.58. The molecule has 0 aromatic heterocycles. The highest BCUT2D eigenvalue weighted by atomic mass is 79.9. The van der Waals surface area contributed by atoms with Crippen LogP contribution in [0.2, 0.25) is 0 Å². The third-order valence-corrected chi connectivity index (χ3v) is 5.53. The summed E-state index contributed by atoms with van der Waals surface area (Å²) >= 11 is 3.25. The zero-order valence-corrected chi connectivity index (χ0v) is 13.4. The molecule has 0 saturated heterocycles. The largest absolute Gasteiger partial charge is 0.244 e. The molecule has 0 bridgehead atoms. The second-order valence-corrected chi connectivity index (χ2v) is 6.91. The molecule has 20 heavy (non-hydrogen) atoms. The Morgan fingerprint density at radius 3 is 2.20 bits per heavy atom. The molecular formula is C13H14BrN3O2S. The zero-order chi connectivity index (χ0) is 15.2. The summed E-state index contributed by atoms with van der Waals surface area (Å²) in [5.74, 6) is 0. The van der Waals surface area contributed by atoms with E-state index in [-0.39, 0.29) is 30.8 Å². The van der Waals surface area contributed by atoms with Crippen molar-refractivity contribution in [2.75, 3.05) is 13.1 Å². The third-order valence-electron chi connectivity index (χ3n) is 2.65. The lowest BCUT2D eigenvalue weighted by Gasteiger charge is -2.20. The second-order valence-electron chi connectivity index (χ2n) is 4.15. The van der Waals surface area contributed by atoms with Gasteiger partial charge in [-0.15, -0.1) is 0 Å². The normalized spacial score (nSPS) is 11.1. The number of hydrogen-bond donors (Lipinski definition) is 0. The van der Waals surface area contributed by atoms with E-state index in [0.29, 0.717) is 4.47 Å². The quantitative estimate of drug-likeness (QED) is 0.784. The molecule has 7 heteroatoms. The van der Waals surface area contributed by atoms with E-state index in [1.807, 2.05) is 19.1 Å². The van der Waals surface area contributed by atoms with Gasteiger partial charge in [-0.05, 0) is 40.5 Å². The standard InChI is InChI=1S/C13H14BrN3O2S/c1-11-4-5-13(12(14)10-11)20(18,19)17(8-2-6-15)9-3-7-16/h4-5,10H,2-3,8-9H2,1H3. The van der Waals surface area contributed by atoms with Crippen LogP contribution in [0.15, 0.2) is 27.6 Å². The fourth-order valence-electron chi connectivity index (χ4n) is 1.66. The van der Waals surface area contributed by atoms with Gasteiger partial charge < -0.3 is 0 Å². The SMILES string of the molecule is Cc1ccc(S(=O)(=O)N(CCC#N)CCC#N)c(Br)c1. The average Bonchev–Trinajstić information content (AvgIpc) is 2.38. The first-order chi connectivity index (χ1) is 9.43. The Balaban J connectivity index is 3.15. The Labute approximate surface area is 127 Å². The molecule has 0 saturated carbocycles. The lowest BCUT2D eigenvalue weighted by Crippen LogP contribution is -2.33. The van der Waals surface area contributed by atoms with Crippen LogP contribution in [0.3, 0.4) is 0 Å². The highest BCUT2D eigenvalue weighted by Crippen LogP contribution is 2.26. The van der Waals surface area contributed by atoms with Gasteiger partial charge in [0.25, 0.3) is 0 Å². The summed E-state index contributed by atoms with van der Waals surface area (Å²) in [7, 11) is -3.71. The van der Waals surface area contributed by atoms with Crippen molar-refractivity contribution in [3.8, 4) is 12.1 Å². The number of hydrogen-bond acceptors (Lipinski definition) is 4. The molecule has 0 aliphatic carbocycles. The Bertz CT molecular complexity index is 641. The van der Waals surface area contributed by atoms with Crippen molar-refractivity contribution in [3.63, 3.8) is 0 Å². The molecule has 106 valence electrons.